The lowest BCUT2D eigenvalue weighted by atomic mass is 10.1. The molecule has 2 aromatic carbocycles. The first-order chi connectivity index (χ1) is 11.7. The topological polar surface area (TPSA) is 75.3 Å². The first kappa shape index (κ1) is 19.1. The van der Waals surface area contributed by atoms with E-state index in [1.54, 1.807) is 25.1 Å². The van der Waals surface area contributed by atoms with E-state index >= 15 is 0 Å². The van der Waals surface area contributed by atoms with Crippen molar-refractivity contribution in [1.82, 2.24) is 4.72 Å². The molecule has 6 heteroatoms. The van der Waals surface area contributed by atoms with Crippen molar-refractivity contribution in [2.45, 2.75) is 39.0 Å². The van der Waals surface area contributed by atoms with Gasteiger partial charge < -0.3 is 5.32 Å². The van der Waals surface area contributed by atoms with Crippen LogP contribution >= 0.6 is 0 Å². The Labute approximate surface area is 149 Å². The molecule has 0 unspecified atom stereocenters. The molecule has 0 aliphatic heterocycles. The normalized spacial score (nSPS) is 11.4. The zero-order chi connectivity index (χ0) is 18.6. The Morgan fingerprint density at radius 2 is 1.76 bits per heavy atom. The molecule has 0 saturated heterocycles. The minimum atomic E-state index is -3.73. The Balaban J connectivity index is 2.09. The average molecular weight is 360 g/mol. The summed E-state index contributed by atoms with van der Waals surface area (Å²) in [4.78, 5) is 12.4. The summed E-state index contributed by atoms with van der Waals surface area (Å²) >= 11 is 0. The van der Waals surface area contributed by atoms with Crippen LogP contribution in [-0.4, -0.2) is 20.9 Å². The summed E-state index contributed by atoms with van der Waals surface area (Å²) in [5, 5.41) is 2.81. The van der Waals surface area contributed by atoms with Crippen molar-refractivity contribution in [1.29, 1.82) is 0 Å². The molecule has 25 heavy (non-hydrogen) atoms. The Morgan fingerprint density at radius 3 is 2.40 bits per heavy atom. The molecule has 0 fully saturated rings. The van der Waals surface area contributed by atoms with Crippen LogP contribution in [0.5, 0.6) is 0 Å². The van der Waals surface area contributed by atoms with E-state index in [1.807, 2.05) is 39.0 Å². The van der Waals surface area contributed by atoms with E-state index in [4.69, 9.17) is 0 Å². The van der Waals surface area contributed by atoms with Crippen molar-refractivity contribution in [2.75, 3.05) is 11.9 Å². The van der Waals surface area contributed by atoms with Gasteiger partial charge in [-0.05, 0) is 49.9 Å². The van der Waals surface area contributed by atoms with Gasteiger partial charge in [-0.1, -0.05) is 42.8 Å². The molecule has 0 aliphatic carbocycles. The van der Waals surface area contributed by atoms with E-state index in [0.717, 1.165) is 28.8 Å². The molecule has 0 bridgehead atoms. The number of amides is 1. The van der Waals surface area contributed by atoms with Crippen LogP contribution in [0, 0.1) is 20.8 Å². The van der Waals surface area contributed by atoms with Crippen molar-refractivity contribution < 1.29 is 13.2 Å². The van der Waals surface area contributed by atoms with Crippen LogP contribution in [0.1, 0.15) is 29.2 Å². The van der Waals surface area contributed by atoms with Crippen LogP contribution in [-0.2, 0) is 21.2 Å². The molecule has 2 rings (SSSR count). The van der Waals surface area contributed by atoms with Crippen LogP contribution in [0.25, 0.3) is 0 Å². The molecule has 0 heterocycles. The fourth-order valence-electron chi connectivity index (χ4n) is 2.72. The minimum Gasteiger partial charge on any atom is -0.324 e. The summed E-state index contributed by atoms with van der Waals surface area (Å²) in [5.74, 6) is -0.391. The Hall–Kier alpha value is -2.18. The van der Waals surface area contributed by atoms with Gasteiger partial charge in [-0.15, -0.1) is 0 Å². The fourth-order valence-corrected chi connectivity index (χ4v) is 3.93. The lowest BCUT2D eigenvalue weighted by molar-refractivity contribution is -0.115. The molecule has 2 aromatic rings. The number of hydrogen-bond donors (Lipinski definition) is 2. The van der Waals surface area contributed by atoms with Gasteiger partial charge in [0.25, 0.3) is 0 Å². The summed E-state index contributed by atoms with van der Waals surface area (Å²) < 4.78 is 27.2. The number of hydrogen-bond acceptors (Lipinski definition) is 3. The van der Waals surface area contributed by atoms with Gasteiger partial charge in [0.1, 0.15) is 0 Å². The van der Waals surface area contributed by atoms with E-state index in [9.17, 15) is 13.2 Å². The first-order valence-corrected chi connectivity index (χ1v) is 9.68. The lowest BCUT2D eigenvalue weighted by Crippen LogP contribution is -2.33. The molecule has 0 radical (unpaired) electrons. The highest BCUT2D eigenvalue weighted by Gasteiger charge is 2.18. The number of para-hydroxylation sites is 1. The van der Waals surface area contributed by atoms with Gasteiger partial charge in [-0.2, -0.15) is 0 Å². The first-order valence-electron chi connectivity index (χ1n) is 8.20. The summed E-state index contributed by atoms with van der Waals surface area (Å²) in [6, 6.07) is 10.9. The van der Waals surface area contributed by atoms with Crippen LogP contribution in [0.15, 0.2) is 41.3 Å². The van der Waals surface area contributed by atoms with Gasteiger partial charge >= 0.3 is 0 Å². The molecule has 2 N–H and O–H groups in total. The summed E-state index contributed by atoms with van der Waals surface area (Å²) in [7, 11) is -3.73. The van der Waals surface area contributed by atoms with Gasteiger partial charge in [0.15, 0.2) is 0 Å². The van der Waals surface area contributed by atoms with E-state index in [0.29, 0.717) is 5.56 Å². The highest BCUT2D eigenvalue weighted by molar-refractivity contribution is 7.89. The molecule has 0 aromatic heterocycles. The SMILES string of the molecule is CCc1cccc(C)c1NC(=O)CNS(=O)(=O)c1ccc(C)cc1C. The fraction of sp³-hybridized carbons (Fsp3) is 0.316. The minimum absolute atomic E-state index is 0.191. The van der Waals surface area contributed by atoms with Gasteiger partial charge in [0, 0.05) is 5.69 Å². The second kappa shape index (κ2) is 7.80. The van der Waals surface area contributed by atoms with E-state index in [2.05, 4.69) is 10.0 Å². The molecule has 0 spiro atoms. The predicted molar refractivity (Wildman–Crippen MR) is 100 cm³/mol. The number of nitrogens with one attached hydrogen (secondary N) is 2. The second-order valence-corrected chi connectivity index (χ2v) is 7.84. The van der Waals surface area contributed by atoms with Crippen LogP contribution in [0.2, 0.25) is 0 Å². The lowest BCUT2D eigenvalue weighted by Gasteiger charge is -2.14. The average Bonchev–Trinajstić information content (AvgIpc) is 2.54. The maximum absolute atomic E-state index is 12.4. The molecule has 0 atom stereocenters. The number of anilines is 1. The molecular formula is C19H24N2O3S. The summed E-state index contributed by atoms with van der Waals surface area (Å²) in [6.45, 7) is 7.25. The molecule has 0 aliphatic rings. The summed E-state index contributed by atoms with van der Waals surface area (Å²) in [5.41, 5.74) is 4.36. The number of carbonyl (C=O) groups excluding carboxylic acids is 1. The number of carbonyl (C=O) groups is 1. The van der Waals surface area contributed by atoms with Gasteiger partial charge in [-0.3, -0.25) is 4.79 Å². The van der Waals surface area contributed by atoms with E-state index in [1.165, 1.54) is 0 Å². The zero-order valence-corrected chi connectivity index (χ0v) is 15.8. The molecule has 1 amide bonds. The molecular weight excluding hydrogens is 336 g/mol. The molecule has 5 nitrogen and oxygen atoms in total. The Kier molecular flexibility index (Phi) is 5.98. The van der Waals surface area contributed by atoms with Crippen molar-refractivity contribution in [3.05, 3.63) is 58.7 Å². The van der Waals surface area contributed by atoms with Crippen molar-refractivity contribution in [2.24, 2.45) is 0 Å². The Bertz CT molecular complexity index is 890. The van der Waals surface area contributed by atoms with Crippen molar-refractivity contribution in [3.8, 4) is 0 Å². The summed E-state index contributed by atoms with van der Waals surface area (Å²) in [6.07, 6.45) is 0.783. The second-order valence-electron chi connectivity index (χ2n) is 6.10. The largest absolute Gasteiger partial charge is 0.324 e. The van der Waals surface area contributed by atoms with E-state index in [-0.39, 0.29) is 11.4 Å². The highest BCUT2D eigenvalue weighted by Crippen LogP contribution is 2.21. The molecule has 0 saturated carbocycles. The zero-order valence-electron chi connectivity index (χ0n) is 15.0. The van der Waals surface area contributed by atoms with Crippen LogP contribution in [0.3, 0.4) is 0 Å². The molecule has 134 valence electrons. The smallest absolute Gasteiger partial charge is 0.241 e. The quantitative estimate of drug-likeness (QED) is 0.831. The van der Waals surface area contributed by atoms with Crippen molar-refractivity contribution in [3.63, 3.8) is 0 Å². The predicted octanol–water partition coefficient (Wildman–Crippen LogP) is 3.09. The van der Waals surface area contributed by atoms with Crippen molar-refractivity contribution >= 4 is 21.6 Å². The number of rotatable bonds is 6. The third-order valence-electron chi connectivity index (χ3n) is 4.05. The Morgan fingerprint density at radius 1 is 1.04 bits per heavy atom. The maximum Gasteiger partial charge on any atom is 0.241 e. The number of sulfonamides is 1. The third-order valence-corrected chi connectivity index (χ3v) is 5.61. The maximum atomic E-state index is 12.4. The number of aryl methyl sites for hydroxylation is 4. The van der Waals surface area contributed by atoms with Crippen LogP contribution < -0.4 is 10.0 Å². The van der Waals surface area contributed by atoms with Gasteiger partial charge in [-0.25, -0.2) is 13.1 Å². The monoisotopic (exact) mass is 360 g/mol. The van der Waals surface area contributed by atoms with Crippen LogP contribution in [0.4, 0.5) is 5.69 Å². The van der Waals surface area contributed by atoms with E-state index < -0.39 is 15.9 Å². The standard InChI is InChI=1S/C19H24N2O3S/c1-5-16-8-6-7-14(3)19(16)21-18(22)12-20-25(23,24)17-10-9-13(2)11-15(17)4/h6-11,20H,5,12H2,1-4H3,(H,21,22). The van der Waals surface area contributed by atoms with Gasteiger partial charge in [0.05, 0.1) is 11.4 Å². The number of benzene rings is 2. The van der Waals surface area contributed by atoms with Gasteiger partial charge in [0.2, 0.25) is 15.9 Å². The third kappa shape index (κ3) is 4.67. The highest BCUT2D eigenvalue weighted by atomic mass is 32.2.